The van der Waals surface area contributed by atoms with Crippen molar-refractivity contribution < 1.29 is 0 Å². The molecular weight excluding hydrogens is 306 g/mol. The van der Waals surface area contributed by atoms with E-state index >= 15 is 0 Å². The van der Waals surface area contributed by atoms with Gasteiger partial charge in [0.1, 0.15) is 5.84 Å². The van der Waals surface area contributed by atoms with Crippen LogP contribution in [0.1, 0.15) is 71.4 Å². The van der Waals surface area contributed by atoms with Crippen LogP contribution in [-0.4, -0.2) is 10.8 Å². The van der Waals surface area contributed by atoms with Crippen molar-refractivity contribution in [3.63, 3.8) is 0 Å². The van der Waals surface area contributed by atoms with Crippen molar-refractivity contribution in [3.05, 3.63) is 53.7 Å². The van der Waals surface area contributed by atoms with Gasteiger partial charge in [0.2, 0.25) is 0 Å². The topological polar surface area (TPSA) is 37.3 Å². The lowest BCUT2D eigenvalue weighted by atomic mass is 9.90. The highest BCUT2D eigenvalue weighted by Gasteiger charge is 2.23. The Balaban J connectivity index is 2.55. The van der Waals surface area contributed by atoms with Gasteiger partial charge in [0.15, 0.2) is 5.82 Å². The molecule has 0 fully saturated rings. The van der Waals surface area contributed by atoms with E-state index in [0.29, 0.717) is 11.8 Å². The largest absolute Gasteiger partial charge is 0.343 e. The molecule has 0 saturated heterocycles. The highest BCUT2D eigenvalue weighted by molar-refractivity contribution is 6.01. The molecule has 0 atom stereocenters. The van der Waals surface area contributed by atoms with E-state index in [9.17, 15) is 0 Å². The van der Waals surface area contributed by atoms with E-state index in [4.69, 9.17) is 4.99 Å². The van der Waals surface area contributed by atoms with Crippen LogP contribution in [0.15, 0.2) is 47.6 Å². The molecule has 0 spiro atoms. The van der Waals surface area contributed by atoms with Gasteiger partial charge in [0.25, 0.3) is 0 Å². The fraction of sp³-hybridized carbons (Fsp3) is 0.455. The molecule has 0 aliphatic rings. The molecule has 0 saturated carbocycles. The van der Waals surface area contributed by atoms with E-state index in [1.54, 1.807) is 6.20 Å². The first-order valence-electron chi connectivity index (χ1n) is 9.10. The van der Waals surface area contributed by atoms with Gasteiger partial charge in [-0.05, 0) is 35.1 Å². The monoisotopic (exact) mass is 337 g/mol. The summed E-state index contributed by atoms with van der Waals surface area (Å²) in [7, 11) is 0. The lowest BCUT2D eigenvalue weighted by Gasteiger charge is -2.27. The molecule has 0 aliphatic carbocycles. The average Bonchev–Trinajstić information content (AvgIpc) is 2.54. The van der Waals surface area contributed by atoms with E-state index in [2.05, 4.69) is 77.0 Å². The SMILES string of the molecule is CC(C)c1cccc(C(C)C)c1N/C(=N\c1ccccn1)C(C)(C)C. The van der Waals surface area contributed by atoms with E-state index in [1.165, 1.54) is 16.8 Å². The number of benzene rings is 1. The van der Waals surface area contributed by atoms with Gasteiger partial charge in [0.05, 0.1) is 0 Å². The minimum Gasteiger partial charge on any atom is -0.343 e. The first-order chi connectivity index (χ1) is 11.7. The zero-order valence-corrected chi connectivity index (χ0v) is 16.6. The van der Waals surface area contributed by atoms with Gasteiger partial charge in [-0.2, -0.15) is 0 Å². The maximum Gasteiger partial charge on any atom is 0.153 e. The second-order valence-electron chi connectivity index (χ2n) is 8.14. The molecule has 0 amide bonds. The Bertz CT molecular complexity index is 696. The van der Waals surface area contributed by atoms with E-state index in [-0.39, 0.29) is 5.41 Å². The number of para-hydroxylation sites is 1. The molecule has 2 aromatic rings. The van der Waals surface area contributed by atoms with Crippen LogP contribution in [0.4, 0.5) is 11.5 Å². The third-order valence-corrected chi connectivity index (χ3v) is 4.20. The molecule has 25 heavy (non-hydrogen) atoms. The van der Waals surface area contributed by atoms with Crippen molar-refractivity contribution in [2.45, 2.75) is 60.3 Å². The van der Waals surface area contributed by atoms with Gasteiger partial charge in [-0.25, -0.2) is 9.98 Å². The minimum absolute atomic E-state index is 0.115. The lowest BCUT2D eigenvalue weighted by molar-refractivity contribution is 0.589. The quantitative estimate of drug-likeness (QED) is 0.509. The summed E-state index contributed by atoms with van der Waals surface area (Å²) in [6.07, 6.45) is 1.78. The molecule has 0 unspecified atom stereocenters. The molecule has 1 aromatic carbocycles. The highest BCUT2D eigenvalue weighted by atomic mass is 15.1. The number of nitrogens with one attached hydrogen (secondary N) is 1. The molecule has 3 heteroatoms. The van der Waals surface area contributed by atoms with Crippen molar-refractivity contribution >= 4 is 17.3 Å². The molecule has 0 aliphatic heterocycles. The summed E-state index contributed by atoms with van der Waals surface area (Å²) in [5.74, 6) is 2.55. The van der Waals surface area contributed by atoms with Crippen LogP contribution >= 0.6 is 0 Å². The van der Waals surface area contributed by atoms with Gasteiger partial charge in [-0.3, -0.25) is 0 Å². The number of amidine groups is 1. The molecule has 1 N–H and O–H groups in total. The second-order valence-corrected chi connectivity index (χ2v) is 8.14. The molecule has 134 valence electrons. The number of aromatic nitrogens is 1. The second kappa shape index (κ2) is 7.81. The summed E-state index contributed by atoms with van der Waals surface area (Å²) in [5.41, 5.74) is 3.72. The molecule has 0 radical (unpaired) electrons. The van der Waals surface area contributed by atoms with Crippen LogP contribution in [0.5, 0.6) is 0 Å². The summed E-state index contributed by atoms with van der Waals surface area (Å²) >= 11 is 0. The zero-order valence-electron chi connectivity index (χ0n) is 16.6. The van der Waals surface area contributed by atoms with Crippen molar-refractivity contribution in [2.24, 2.45) is 10.4 Å². The predicted molar refractivity (Wildman–Crippen MR) is 109 cm³/mol. The van der Waals surface area contributed by atoms with Crippen molar-refractivity contribution in [2.75, 3.05) is 5.32 Å². The Kier molecular flexibility index (Phi) is 5.99. The first kappa shape index (κ1) is 19.2. The number of hydrogen-bond acceptors (Lipinski definition) is 2. The maximum atomic E-state index is 4.82. The van der Waals surface area contributed by atoms with Crippen molar-refractivity contribution in [3.8, 4) is 0 Å². The minimum atomic E-state index is -0.115. The number of nitrogens with zero attached hydrogens (tertiary/aromatic N) is 2. The Morgan fingerprint density at radius 2 is 1.52 bits per heavy atom. The van der Waals surface area contributed by atoms with Gasteiger partial charge in [-0.1, -0.05) is 72.7 Å². The molecular formula is C22H31N3. The Labute approximate surface area is 152 Å². The molecule has 1 aromatic heterocycles. The van der Waals surface area contributed by atoms with E-state index in [0.717, 1.165) is 11.7 Å². The van der Waals surface area contributed by atoms with E-state index < -0.39 is 0 Å². The summed E-state index contributed by atoms with van der Waals surface area (Å²) in [4.78, 5) is 9.18. The summed E-state index contributed by atoms with van der Waals surface area (Å²) < 4.78 is 0. The van der Waals surface area contributed by atoms with Gasteiger partial charge >= 0.3 is 0 Å². The van der Waals surface area contributed by atoms with Crippen LogP contribution < -0.4 is 5.32 Å². The van der Waals surface area contributed by atoms with E-state index in [1.807, 2.05) is 18.2 Å². The molecule has 0 bridgehead atoms. The average molecular weight is 338 g/mol. The number of hydrogen-bond donors (Lipinski definition) is 1. The molecule has 1 heterocycles. The standard InChI is InChI=1S/C22H31N3/c1-15(2)17-11-10-12-18(16(3)4)20(17)25-21(22(5,6)7)24-19-13-8-9-14-23-19/h8-16H,1-7H3,(H,23,24,25). The maximum absolute atomic E-state index is 4.82. The third kappa shape index (κ3) is 4.91. The van der Waals surface area contributed by atoms with Gasteiger partial charge in [-0.15, -0.1) is 0 Å². The number of rotatable bonds is 4. The highest BCUT2D eigenvalue weighted by Crippen LogP contribution is 2.34. The Morgan fingerprint density at radius 1 is 0.920 bits per heavy atom. The third-order valence-electron chi connectivity index (χ3n) is 4.20. The number of pyridine rings is 1. The summed E-state index contributed by atoms with van der Waals surface area (Å²) in [6.45, 7) is 15.5. The van der Waals surface area contributed by atoms with Crippen LogP contribution in [0.2, 0.25) is 0 Å². The van der Waals surface area contributed by atoms with Crippen LogP contribution in [-0.2, 0) is 0 Å². The molecule has 3 nitrogen and oxygen atoms in total. The van der Waals surface area contributed by atoms with Gasteiger partial charge < -0.3 is 5.32 Å². The normalized spacial score (nSPS) is 12.8. The fourth-order valence-electron chi connectivity index (χ4n) is 2.73. The first-order valence-corrected chi connectivity index (χ1v) is 9.10. The van der Waals surface area contributed by atoms with Crippen LogP contribution in [0.25, 0.3) is 0 Å². The van der Waals surface area contributed by atoms with Crippen molar-refractivity contribution in [1.29, 1.82) is 0 Å². The number of anilines is 1. The summed E-state index contributed by atoms with van der Waals surface area (Å²) in [5, 5.41) is 3.68. The van der Waals surface area contributed by atoms with Crippen LogP contribution in [0, 0.1) is 5.41 Å². The number of aliphatic imine (C=N–C) groups is 1. The summed E-state index contributed by atoms with van der Waals surface area (Å²) in [6, 6.07) is 12.4. The Morgan fingerprint density at radius 3 is 1.96 bits per heavy atom. The van der Waals surface area contributed by atoms with Gasteiger partial charge in [0, 0.05) is 17.3 Å². The van der Waals surface area contributed by atoms with Crippen molar-refractivity contribution in [1.82, 2.24) is 4.98 Å². The van der Waals surface area contributed by atoms with Crippen LogP contribution in [0.3, 0.4) is 0 Å². The lowest BCUT2D eigenvalue weighted by Crippen LogP contribution is -2.29. The zero-order chi connectivity index (χ0) is 18.6. The smallest absolute Gasteiger partial charge is 0.153 e. The Hall–Kier alpha value is -2.16. The molecule has 2 rings (SSSR count). The fourth-order valence-corrected chi connectivity index (χ4v) is 2.73. The predicted octanol–water partition coefficient (Wildman–Crippen LogP) is 6.52.